The van der Waals surface area contributed by atoms with Crippen molar-refractivity contribution in [2.75, 3.05) is 7.11 Å². The van der Waals surface area contributed by atoms with Crippen LogP contribution < -0.4 is 10.5 Å². The Balaban J connectivity index is 0.00000121. The third-order valence-corrected chi connectivity index (χ3v) is 1.48. The average Bonchev–Trinajstić information content (AvgIpc) is 2.05. The van der Waals surface area contributed by atoms with Crippen LogP contribution in [-0.4, -0.2) is 17.7 Å². The van der Waals surface area contributed by atoms with Gasteiger partial charge in [-0.3, -0.25) is 0 Å². The smallest absolute Gasteiger partial charge is 0.160 e. The Labute approximate surface area is 70.9 Å². The molecule has 0 unspecified atom stereocenters. The maximum absolute atomic E-state index is 9.16. The van der Waals surface area contributed by atoms with E-state index in [4.69, 9.17) is 15.6 Å². The molecule has 1 aromatic carbocycles. The monoisotopic (exact) mass is 171 g/mol. The van der Waals surface area contributed by atoms with Gasteiger partial charge in [0.1, 0.15) is 0 Å². The molecule has 0 saturated heterocycles. The average molecular weight is 171 g/mol. The molecule has 0 amide bonds. The molecule has 0 aliphatic heterocycles. The largest absolute Gasteiger partial charge is 0.504 e. The summed E-state index contributed by atoms with van der Waals surface area (Å²) < 4.78 is 4.88. The summed E-state index contributed by atoms with van der Waals surface area (Å²) in [5, 5.41) is 9.16. The number of rotatable bonds is 2. The molecule has 4 nitrogen and oxygen atoms in total. The van der Waals surface area contributed by atoms with Gasteiger partial charge >= 0.3 is 0 Å². The van der Waals surface area contributed by atoms with Gasteiger partial charge in [-0.15, -0.1) is 0 Å². The first-order valence-corrected chi connectivity index (χ1v) is 3.34. The molecule has 0 radical (unpaired) electrons. The summed E-state index contributed by atoms with van der Waals surface area (Å²) in [6, 6.07) is 5.05. The van der Waals surface area contributed by atoms with Gasteiger partial charge < -0.3 is 21.1 Å². The minimum Gasteiger partial charge on any atom is -0.504 e. The zero-order chi connectivity index (χ0) is 8.27. The van der Waals surface area contributed by atoms with Gasteiger partial charge in [-0.2, -0.15) is 0 Å². The van der Waals surface area contributed by atoms with Crippen LogP contribution in [0.25, 0.3) is 0 Å². The first-order chi connectivity index (χ1) is 5.27. The summed E-state index contributed by atoms with van der Waals surface area (Å²) in [5.74, 6) is 0.609. The van der Waals surface area contributed by atoms with Crippen molar-refractivity contribution in [2.24, 2.45) is 5.73 Å². The molecule has 5 N–H and O–H groups in total. The van der Waals surface area contributed by atoms with Gasteiger partial charge in [-0.25, -0.2) is 0 Å². The van der Waals surface area contributed by atoms with Crippen LogP contribution in [0.2, 0.25) is 0 Å². The lowest BCUT2D eigenvalue weighted by molar-refractivity contribution is 0.373. The summed E-state index contributed by atoms with van der Waals surface area (Å²) in [5.41, 5.74) is 6.33. The van der Waals surface area contributed by atoms with Crippen LogP contribution in [0.1, 0.15) is 5.56 Å². The fourth-order valence-corrected chi connectivity index (χ4v) is 0.849. The Morgan fingerprint density at radius 2 is 2.17 bits per heavy atom. The third kappa shape index (κ3) is 2.11. The Morgan fingerprint density at radius 1 is 1.50 bits per heavy atom. The number of ether oxygens (including phenoxy) is 1. The summed E-state index contributed by atoms with van der Waals surface area (Å²) in [6.07, 6.45) is 0. The van der Waals surface area contributed by atoms with Crippen molar-refractivity contribution in [1.29, 1.82) is 0 Å². The molecular formula is C8H13NO3. The van der Waals surface area contributed by atoms with E-state index in [1.165, 1.54) is 7.11 Å². The van der Waals surface area contributed by atoms with Gasteiger partial charge in [0.15, 0.2) is 11.5 Å². The summed E-state index contributed by atoms with van der Waals surface area (Å²) in [7, 11) is 1.51. The first-order valence-electron chi connectivity index (χ1n) is 3.34. The number of hydrogen-bond donors (Lipinski definition) is 2. The second kappa shape index (κ2) is 4.58. The third-order valence-electron chi connectivity index (χ3n) is 1.48. The molecule has 0 bridgehead atoms. The van der Waals surface area contributed by atoms with E-state index < -0.39 is 0 Å². The van der Waals surface area contributed by atoms with E-state index in [0.717, 1.165) is 5.56 Å². The van der Waals surface area contributed by atoms with Crippen molar-refractivity contribution in [3.8, 4) is 11.5 Å². The van der Waals surface area contributed by atoms with Crippen LogP contribution in [0.15, 0.2) is 18.2 Å². The molecule has 0 spiro atoms. The number of nitrogens with two attached hydrogens (primary N) is 1. The molecule has 1 aromatic rings. The van der Waals surface area contributed by atoms with Crippen LogP contribution in [-0.2, 0) is 6.54 Å². The van der Waals surface area contributed by atoms with Crippen LogP contribution in [0, 0.1) is 0 Å². The normalized spacial score (nSPS) is 8.83. The predicted molar refractivity (Wildman–Crippen MR) is 46.2 cm³/mol. The van der Waals surface area contributed by atoms with Crippen LogP contribution >= 0.6 is 0 Å². The van der Waals surface area contributed by atoms with Crippen molar-refractivity contribution in [3.05, 3.63) is 23.8 Å². The Hall–Kier alpha value is -1.26. The molecule has 0 fully saturated rings. The molecule has 0 aromatic heterocycles. The van der Waals surface area contributed by atoms with Crippen molar-refractivity contribution >= 4 is 0 Å². The SMILES string of the molecule is COc1cc(CN)ccc1O.O. The second-order valence-corrected chi connectivity index (χ2v) is 2.21. The minimum atomic E-state index is 0. The Bertz CT molecular complexity index is 250. The van der Waals surface area contributed by atoms with E-state index in [2.05, 4.69) is 0 Å². The predicted octanol–water partition coefficient (Wildman–Crippen LogP) is 0.0348. The Morgan fingerprint density at radius 3 is 2.67 bits per heavy atom. The van der Waals surface area contributed by atoms with Gasteiger partial charge in [0.25, 0.3) is 0 Å². The number of hydrogen-bond acceptors (Lipinski definition) is 3. The van der Waals surface area contributed by atoms with E-state index in [0.29, 0.717) is 12.3 Å². The Kier molecular flexibility index (Phi) is 4.10. The molecule has 1 rings (SSSR count). The molecule has 68 valence electrons. The number of phenolic OH excluding ortho intramolecular Hbond substituents is 1. The van der Waals surface area contributed by atoms with Crippen LogP contribution in [0.3, 0.4) is 0 Å². The van der Waals surface area contributed by atoms with Crippen molar-refractivity contribution in [3.63, 3.8) is 0 Å². The fraction of sp³-hybridized carbons (Fsp3) is 0.250. The van der Waals surface area contributed by atoms with Gasteiger partial charge in [-0.1, -0.05) is 6.07 Å². The maximum atomic E-state index is 9.16. The molecule has 0 aliphatic carbocycles. The summed E-state index contributed by atoms with van der Waals surface area (Å²) >= 11 is 0. The lowest BCUT2D eigenvalue weighted by Gasteiger charge is -2.03. The lowest BCUT2D eigenvalue weighted by atomic mass is 10.2. The van der Waals surface area contributed by atoms with E-state index in [1.807, 2.05) is 0 Å². The number of benzene rings is 1. The fourth-order valence-electron chi connectivity index (χ4n) is 0.849. The molecule has 0 atom stereocenters. The van der Waals surface area contributed by atoms with Crippen molar-refractivity contribution < 1.29 is 15.3 Å². The summed E-state index contributed by atoms with van der Waals surface area (Å²) in [4.78, 5) is 0. The van der Waals surface area contributed by atoms with E-state index in [-0.39, 0.29) is 11.2 Å². The quantitative estimate of drug-likeness (QED) is 0.658. The second-order valence-electron chi connectivity index (χ2n) is 2.21. The summed E-state index contributed by atoms with van der Waals surface area (Å²) in [6.45, 7) is 0.455. The topological polar surface area (TPSA) is 87.0 Å². The molecule has 0 saturated carbocycles. The molecule has 4 heteroatoms. The van der Waals surface area contributed by atoms with Gasteiger partial charge in [0, 0.05) is 6.54 Å². The molecular weight excluding hydrogens is 158 g/mol. The highest BCUT2D eigenvalue weighted by atomic mass is 16.5. The zero-order valence-corrected chi connectivity index (χ0v) is 6.87. The number of phenols is 1. The molecule has 12 heavy (non-hydrogen) atoms. The number of methoxy groups -OCH3 is 1. The van der Waals surface area contributed by atoms with Crippen molar-refractivity contribution in [1.82, 2.24) is 0 Å². The number of aromatic hydroxyl groups is 1. The standard InChI is InChI=1S/C8H11NO2.H2O/c1-11-8-4-6(5-9)2-3-7(8)10;/h2-4,10H,5,9H2,1H3;1H2. The van der Waals surface area contributed by atoms with Crippen LogP contribution in [0.4, 0.5) is 0 Å². The highest BCUT2D eigenvalue weighted by molar-refractivity contribution is 5.41. The molecule has 0 aliphatic rings. The maximum Gasteiger partial charge on any atom is 0.160 e. The van der Waals surface area contributed by atoms with Gasteiger partial charge in [-0.05, 0) is 17.7 Å². The first kappa shape index (κ1) is 10.7. The highest BCUT2D eigenvalue weighted by Crippen LogP contribution is 2.25. The van der Waals surface area contributed by atoms with E-state index in [1.54, 1.807) is 18.2 Å². The molecule has 0 heterocycles. The lowest BCUT2D eigenvalue weighted by Crippen LogP contribution is -1.96. The highest BCUT2D eigenvalue weighted by Gasteiger charge is 1.99. The van der Waals surface area contributed by atoms with Gasteiger partial charge in [0.2, 0.25) is 0 Å². The van der Waals surface area contributed by atoms with Gasteiger partial charge in [0.05, 0.1) is 7.11 Å². The van der Waals surface area contributed by atoms with Crippen molar-refractivity contribution in [2.45, 2.75) is 6.54 Å². The zero-order valence-electron chi connectivity index (χ0n) is 6.87. The van der Waals surface area contributed by atoms with E-state index in [9.17, 15) is 0 Å². The van der Waals surface area contributed by atoms with Crippen LogP contribution in [0.5, 0.6) is 11.5 Å². The minimum absolute atomic E-state index is 0. The van der Waals surface area contributed by atoms with E-state index >= 15 is 0 Å².